The Bertz CT molecular complexity index is 506. The number of fused-ring (bicyclic) bond motifs is 1. The summed E-state index contributed by atoms with van der Waals surface area (Å²) in [5.74, 6) is 0.311. The first-order valence-corrected chi connectivity index (χ1v) is 6.78. The van der Waals surface area contributed by atoms with Crippen molar-refractivity contribution in [1.82, 2.24) is 0 Å². The zero-order valence-electron chi connectivity index (χ0n) is 11.1. The van der Waals surface area contributed by atoms with E-state index >= 15 is 0 Å². The van der Waals surface area contributed by atoms with Crippen molar-refractivity contribution in [1.29, 1.82) is 0 Å². The monoisotopic (exact) mass is 258 g/mol. The average molecular weight is 258 g/mol. The van der Waals surface area contributed by atoms with Gasteiger partial charge in [-0.15, -0.1) is 0 Å². The van der Waals surface area contributed by atoms with Crippen molar-refractivity contribution in [3.8, 4) is 0 Å². The van der Waals surface area contributed by atoms with Gasteiger partial charge >= 0.3 is 0 Å². The molecular formula is C16H18O3. The maximum absolute atomic E-state index is 11.9. The third-order valence-electron chi connectivity index (χ3n) is 4.06. The van der Waals surface area contributed by atoms with Crippen molar-refractivity contribution in [2.75, 3.05) is 7.11 Å². The molecule has 1 aliphatic carbocycles. The largest absolute Gasteiger partial charge is 0.462 e. The van der Waals surface area contributed by atoms with Crippen LogP contribution >= 0.6 is 0 Å². The molecule has 1 aromatic rings. The highest BCUT2D eigenvalue weighted by Gasteiger charge is 2.44. The quantitative estimate of drug-likeness (QED) is 0.817. The van der Waals surface area contributed by atoms with Crippen LogP contribution in [-0.2, 0) is 20.1 Å². The predicted molar refractivity (Wildman–Crippen MR) is 71.3 cm³/mol. The summed E-state index contributed by atoms with van der Waals surface area (Å²) in [5.41, 5.74) is 1.01. The third-order valence-corrected chi connectivity index (χ3v) is 4.06. The van der Waals surface area contributed by atoms with Gasteiger partial charge in [-0.1, -0.05) is 30.3 Å². The molecule has 1 fully saturated rings. The minimum absolute atomic E-state index is 0.0549. The Hall–Kier alpha value is -1.61. The lowest BCUT2D eigenvalue weighted by atomic mass is 9.83. The van der Waals surface area contributed by atoms with Crippen LogP contribution in [0.25, 0.3) is 0 Å². The fourth-order valence-corrected chi connectivity index (χ4v) is 2.98. The van der Waals surface area contributed by atoms with Gasteiger partial charge in [-0.3, -0.25) is 4.79 Å². The highest BCUT2D eigenvalue weighted by atomic mass is 16.7. The van der Waals surface area contributed by atoms with Crippen LogP contribution in [0.3, 0.4) is 0 Å². The molecule has 0 amide bonds. The van der Waals surface area contributed by atoms with E-state index in [1.165, 1.54) is 0 Å². The van der Waals surface area contributed by atoms with Crippen LogP contribution in [0.1, 0.15) is 31.2 Å². The van der Waals surface area contributed by atoms with Gasteiger partial charge in [0.2, 0.25) is 5.79 Å². The minimum atomic E-state index is -0.735. The Morgan fingerprint density at radius 1 is 1.32 bits per heavy atom. The highest BCUT2D eigenvalue weighted by Crippen LogP contribution is 2.44. The SMILES string of the molecule is COC1(c2ccccc2)CCC2C(=O)CCC=C2O1. The molecule has 3 nitrogen and oxygen atoms in total. The number of ketones is 1. The van der Waals surface area contributed by atoms with Crippen molar-refractivity contribution in [2.24, 2.45) is 5.92 Å². The van der Waals surface area contributed by atoms with Gasteiger partial charge in [-0.25, -0.2) is 0 Å². The summed E-state index contributed by atoms with van der Waals surface area (Å²) in [7, 11) is 1.67. The molecule has 2 atom stereocenters. The van der Waals surface area contributed by atoms with E-state index in [2.05, 4.69) is 0 Å². The Balaban J connectivity index is 1.93. The molecule has 100 valence electrons. The van der Waals surface area contributed by atoms with Gasteiger partial charge in [0, 0.05) is 25.5 Å². The van der Waals surface area contributed by atoms with Crippen molar-refractivity contribution >= 4 is 5.78 Å². The molecule has 1 heterocycles. The summed E-state index contributed by atoms with van der Waals surface area (Å²) in [5, 5.41) is 0. The molecule has 0 aromatic heterocycles. The number of hydrogen-bond donors (Lipinski definition) is 0. The minimum Gasteiger partial charge on any atom is -0.462 e. The molecule has 0 bridgehead atoms. The lowest BCUT2D eigenvalue weighted by Crippen LogP contribution is -2.40. The molecule has 1 aromatic carbocycles. The van der Waals surface area contributed by atoms with Crippen molar-refractivity contribution in [2.45, 2.75) is 31.5 Å². The van der Waals surface area contributed by atoms with Crippen molar-refractivity contribution in [3.63, 3.8) is 0 Å². The maximum Gasteiger partial charge on any atom is 0.236 e. The smallest absolute Gasteiger partial charge is 0.236 e. The molecule has 3 heteroatoms. The normalized spacial score (nSPS) is 30.3. The molecule has 0 radical (unpaired) electrons. The van der Waals surface area contributed by atoms with E-state index < -0.39 is 5.79 Å². The summed E-state index contributed by atoms with van der Waals surface area (Å²) in [6.07, 6.45) is 4.97. The zero-order chi connectivity index (χ0) is 13.3. The van der Waals surface area contributed by atoms with E-state index in [1.54, 1.807) is 7.11 Å². The fourth-order valence-electron chi connectivity index (χ4n) is 2.98. The number of Topliss-reactive ketones (excluding diaryl/α,β-unsaturated/α-hetero) is 1. The summed E-state index contributed by atoms with van der Waals surface area (Å²) >= 11 is 0. The summed E-state index contributed by atoms with van der Waals surface area (Å²) in [6.45, 7) is 0. The predicted octanol–water partition coefficient (Wildman–Crippen LogP) is 3.16. The molecule has 3 rings (SSSR count). The molecule has 0 saturated carbocycles. The van der Waals surface area contributed by atoms with Gasteiger partial charge in [0.25, 0.3) is 0 Å². The molecule has 2 unspecified atom stereocenters. The van der Waals surface area contributed by atoms with E-state index in [-0.39, 0.29) is 5.92 Å². The van der Waals surface area contributed by atoms with Crippen LogP contribution in [0.4, 0.5) is 0 Å². The van der Waals surface area contributed by atoms with Gasteiger partial charge < -0.3 is 9.47 Å². The lowest BCUT2D eigenvalue weighted by Gasteiger charge is -2.41. The number of carbonyl (C=O) groups excluding carboxylic acids is 1. The number of allylic oxidation sites excluding steroid dienone is 2. The third kappa shape index (κ3) is 2.08. The van der Waals surface area contributed by atoms with Crippen LogP contribution in [0.2, 0.25) is 0 Å². The second-order valence-corrected chi connectivity index (χ2v) is 5.13. The first kappa shape index (κ1) is 12.4. The first-order valence-electron chi connectivity index (χ1n) is 6.78. The molecule has 2 aliphatic rings. The molecule has 0 spiro atoms. The van der Waals surface area contributed by atoms with Crippen LogP contribution in [0, 0.1) is 5.92 Å². The average Bonchev–Trinajstić information content (AvgIpc) is 2.48. The van der Waals surface area contributed by atoms with Crippen LogP contribution < -0.4 is 0 Å². The molecule has 1 aliphatic heterocycles. The number of benzene rings is 1. The standard InChI is InChI=1S/C16H18O3/c1-18-16(12-6-3-2-4-7-12)11-10-13-14(17)8-5-9-15(13)19-16/h2-4,6-7,9,13H,5,8,10-11H2,1H3. The van der Waals surface area contributed by atoms with Gasteiger partial charge in [0.1, 0.15) is 11.5 Å². The Kier molecular flexibility index (Phi) is 3.15. The van der Waals surface area contributed by atoms with E-state index in [1.807, 2.05) is 36.4 Å². The Morgan fingerprint density at radius 2 is 2.11 bits per heavy atom. The Morgan fingerprint density at radius 3 is 2.84 bits per heavy atom. The second-order valence-electron chi connectivity index (χ2n) is 5.13. The van der Waals surface area contributed by atoms with E-state index in [4.69, 9.17) is 9.47 Å². The van der Waals surface area contributed by atoms with E-state index in [0.29, 0.717) is 18.6 Å². The summed E-state index contributed by atoms with van der Waals surface area (Å²) in [4.78, 5) is 11.9. The Labute approximate surface area is 113 Å². The molecule has 0 N–H and O–H groups in total. The van der Waals surface area contributed by atoms with Gasteiger partial charge in [-0.05, 0) is 18.9 Å². The fraction of sp³-hybridized carbons (Fsp3) is 0.438. The van der Waals surface area contributed by atoms with Crippen LogP contribution in [0.5, 0.6) is 0 Å². The van der Waals surface area contributed by atoms with Crippen LogP contribution in [0.15, 0.2) is 42.2 Å². The maximum atomic E-state index is 11.9. The number of methoxy groups -OCH3 is 1. The van der Waals surface area contributed by atoms with Gasteiger partial charge in [0.15, 0.2) is 0 Å². The van der Waals surface area contributed by atoms with E-state index in [0.717, 1.165) is 24.2 Å². The summed E-state index contributed by atoms with van der Waals surface area (Å²) < 4.78 is 11.8. The number of rotatable bonds is 2. The van der Waals surface area contributed by atoms with Crippen LogP contribution in [-0.4, -0.2) is 12.9 Å². The van der Waals surface area contributed by atoms with Gasteiger partial charge in [-0.2, -0.15) is 0 Å². The highest BCUT2D eigenvalue weighted by molar-refractivity contribution is 5.84. The topological polar surface area (TPSA) is 35.5 Å². The zero-order valence-corrected chi connectivity index (χ0v) is 11.1. The van der Waals surface area contributed by atoms with Crippen molar-refractivity contribution in [3.05, 3.63) is 47.7 Å². The summed E-state index contributed by atoms with van der Waals surface area (Å²) in [6, 6.07) is 9.95. The molecule has 1 saturated heterocycles. The number of hydrogen-bond acceptors (Lipinski definition) is 3. The van der Waals surface area contributed by atoms with Gasteiger partial charge in [0.05, 0.1) is 5.92 Å². The second kappa shape index (κ2) is 4.82. The van der Waals surface area contributed by atoms with E-state index in [9.17, 15) is 4.79 Å². The molecule has 19 heavy (non-hydrogen) atoms. The number of carbonyl (C=O) groups is 1. The molecular weight excluding hydrogens is 240 g/mol. The first-order chi connectivity index (χ1) is 9.25. The van der Waals surface area contributed by atoms with Crippen molar-refractivity contribution < 1.29 is 14.3 Å². The number of ether oxygens (including phenoxy) is 2. The lowest BCUT2D eigenvalue weighted by molar-refractivity contribution is -0.234.